The molecule has 0 aliphatic rings. The van der Waals surface area contributed by atoms with Gasteiger partial charge in [0.1, 0.15) is 22.9 Å². The summed E-state index contributed by atoms with van der Waals surface area (Å²) in [6, 6.07) is 4.77. The third-order valence-corrected chi connectivity index (χ3v) is 3.84. The highest BCUT2D eigenvalue weighted by Crippen LogP contribution is 2.40. The molecule has 0 spiro atoms. The van der Waals surface area contributed by atoms with Gasteiger partial charge < -0.3 is 15.9 Å². The Bertz CT molecular complexity index is 964. The van der Waals surface area contributed by atoms with Crippen molar-refractivity contribution in [3.63, 3.8) is 0 Å². The largest absolute Gasteiger partial charge is 0.506 e. The van der Waals surface area contributed by atoms with Crippen LogP contribution in [0.1, 0.15) is 0 Å². The number of nitrogen functional groups attached to an aromatic ring is 1. The third-order valence-electron chi connectivity index (χ3n) is 2.99. The maximum Gasteiger partial charge on any atom is 0.294 e. The molecule has 0 saturated carbocycles. The van der Waals surface area contributed by atoms with E-state index >= 15 is 0 Å². The fourth-order valence-corrected chi connectivity index (χ4v) is 2.34. The van der Waals surface area contributed by atoms with Gasteiger partial charge in [-0.05, 0) is 12.1 Å². The molecule has 0 heterocycles. The Morgan fingerprint density at radius 2 is 1.83 bits per heavy atom. The van der Waals surface area contributed by atoms with Gasteiger partial charge in [-0.1, -0.05) is 19.2 Å². The number of hydrogen-bond acceptors (Lipinski definition) is 7. The van der Waals surface area contributed by atoms with Crippen LogP contribution in [-0.4, -0.2) is 23.2 Å². The van der Waals surface area contributed by atoms with Crippen LogP contribution in [0.3, 0.4) is 0 Å². The molecule has 2 rings (SSSR count). The van der Waals surface area contributed by atoms with Crippen LogP contribution in [0, 0.1) is 0 Å². The summed E-state index contributed by atoms with van der Waals surface area (Å²) >= 11 is 0. The quantitative estimate of drug-likeness (QED) is 0.222. The molecule has 0 saturated heterocycles. The lowest BCUT2D eigenvalue weighted by Crippen LogP contribution is -1.98. The SMILES string of the molecule is C=C(O)C(=C)N=Nc1c(O)cc(N)c2cc(S(=O)(=O)O)ccc12. The number of aliphatic hydroxyl groups is 1. The fraction of sp³-hybridized carbons (Fsp3) is 0. The number of azo groups is 1. The van der Waals surface area contributed by atoms with Crippen molar-refractivity contribution in [2.75, 3.05) is 5.73 Å². The lowest BCUT2D eigenvalue weighted by Gasteiger charge is -2.08. The number of aliphatic hydroxyl groups excluding tert-OH is 1. The Morgan fingerprint density at radius 3 is 2.39 bits per heavy atom. The number of nitrogens with two attached hydrogens (primary N) is 1. The molecule has 0 aliphatic heterocycles. The van der Waals surface area contributed by atoms with E-state index in [1.807, 2.05) is 0 Å². The minimum absolute atomic E-state index is 0.00140. The Kier molecular flexibility index (Phi) is 4.08. The predicted octanol–water partition coefficient (Wildman–Crippen LogP) is 3.04. The second-order valence-electron chi connectivity index (χ2n) is 4.61. The van der Waals surface area contributed by atoms with Gasteiger partial charge in [-0.25, -0.2) is 0 Å². The topological polar surface area (TPSA) is 146 Å². The highest BCUT2D eigenvalue weighted by Gasteiger charge is 2.15. The molecule has 0 radical (unpaired) electrons. The van der Waals surface area contributed by atoms with Crippen molar-refractivity contribution >= 4 is 32.3 Å². The minimum Gasteiger partial charge on any atom is -0.506 e. The highest BCUT2D eigenvalue weighted by molar-refractivity contribution is 7.85. The molecule has 2 aromatic rings. The van der Waals surface area contributed by atoms with Crippen LogP contribution in [-0.2, 0) is 10.1 Å². The molecule has 9 heteroatoms. The Balaban J connectivity index is 2.71. The van der Waals surface area contributed by atoms with Crippen molar-refractivity contribution in [3.8, 4) is 5.75 Å². The van der Waals surface area contributed by atoms with Crippen molar-refractivity contribution in [3.05, 3.63) is 48.9 Å². The Morgan fingerprint density at radius 1 is 1.17 bits per heavy atom. The van der Waals surface area contributed by atoms with Crippen LogP contribution in [0.2, 0.25) is 0 Å². The molecular formula is C14H13N3O5S. The van der Waals surface area contributed by atoms with Crippen LogP contribution < -0.4 is 5.73 Å². The number of aromatic hydroxyl groups is 1. The molecule has 0 unspecified atom stereocenters. The summed E-state index contributed by atoms with van der Waals surface area (Å²) in [6.07, 6.45) is 0. The maximum absolute atomic E-state index is 11.2. The van der Waals surface area contributed by atoms with E-state index in [2.05, 4.69) is 23.4 Å². The molecule has 0 aliphatic carbocycles. The van der Waals surface area contributed by atoms with Gasteiger partial charge in [0.2, 0.25) is 0 Å². The molecular weight excluding hydrogens is 322 g/mol. The van der Waals surface area contributed by atoms with Crippen LogP contribution in [0.4, 0.5) is 11.4 Å². The molecule has 120 valence electrons. The Labute approximate surface area is 131 Å². The zero-order valence-electron chi connectivity index (χ0n) is 11.8. The zero-order chi connectivity index (χ0) is 17.4. The molecule has 8 nitrogen and oxygen atoms in total. The molecule has 0 fully saturated rings. The number of phenolic OH excluding ortho intramolecular Hbond substituents is 1. The van der Waals surface area contributed by atoms with Gasteiger partial charge in [0.25, 0.3) is 10.1 Å². The number of hydrogen-bond donors (Lipinski definition) is 4. The number of nitrogens with zero attached hydrogens (tertiary/aromatic N) is 2. The van der Waals surface area contributed by atoms with E-state index in [1.54, 1.807) is 0 Å². The van der Waals surface area contributed by atoms with Crippen molar-refractivity contribution in [2.24, 2.45) is 10.2 Å². The average Bonchev–Trinajstić information content (AvgIpc) is 2.45. The van der Waals surface area contributed by atoms with Crippen LogP contribution in [0.15, 0.2) is 64.0 Å². The average molecular weight is 335 g/mol. The van der Waals surface area contributed by atoms with E-state index in [-0.39, 0.29) is 38.9 Å². The molecule has 0 amide bonds. The molecule has 5 N–H and O–H groups in total. The Hall–Kier alpha value is -2.91. The molecule has 0 aromatic heterocycles. The number of anilines is 1. The van der Waals surface area contributed by atoms with Crippen molar-refractivity contribution in [1.29, 1.82) is 0 Å². The first-order valence-corrected chi connectivity index (χ1v) is 7.57. The van der Waals surface area contributed by atoms with Crippen LogP contribution in [0.5, 0.6) is 5.75 Å². The summed E-state index contributed by atoms with van der Waals surface area (Å²) < 4.78 is 31.5. The summed E-state index contributed by atoms with van der Waals surface area (Å²) in [7, 11) is -4.40. The smallest absolute Gasteiger partial charge is 0.294 e. The molecule has 0 atom stereocenters. The molecule has 0 bridgehead atoms. The number of benzene rings is 2. The second kappa shape index (κ2) is 5.71. The fourth-order valence-electron chi connectivity index (χ4n) is 1.83. The summed E-state index contributed by atoms with van der Waals surface area (Å²) in [5, 5.41) is 27.0. The normalized spacial score (nSPS) is 11.9. The summed E-state index contributed by atoms with van der Waals surface area (Å²) in [5.74, 6) is -0.684. The van der Waals surface area contributed by atoms with Gasteiger partial charge in [-0.3, -0.25) is 4.55 Å². The standard InChI is InChI=1S/C14H13N3O5S/c1-7(8(2)18)16-17-14-10-4-3-9(23(20,21)22)5-11(10)12(15)6-13(14)19/h3-6,18-19H,1-2,15H2,(H,20,21,22). The summed E-state index contributed by atoms with van der Waals surface area (Å²) in [6.45, 7) is 6.64. The molecule has 2 aromatic carbocycles. The van der Waals surface area contributed by atoms with Gasteiger partial charge >= 0.3 is 0 Å². The van der Waals surface area contributed by atoms with Crippen LogP contribution in [0.25, 0.3) is 10.8 Å². The van der Waals surface area contributed by atoms with E-state index in [9.17, 15) is 13.5 Å². The van der Waals surface area contributed by atoms with Gasteiger partial charge in [0, 0.05) is 22.5 Å². The maximum atomic E-state index is 11.2. The van der Waals surface area contributed by atoms with E-state index in [1.165, 1.54) is 12.1 Å². The summed E-state index contributed by atoms with van der Waals surface area (Å²) in [5.41, 5.74) is 5.74. The van der Waals surface area contributed by atoms with Gasteiger partial charge in [0.15, 0.2) is 0 Å². The van der Waals surface area contributed by atoms with Crippen LogP contribution >= 0.6 is 0 Å². The zero-order valence-corrected chi connectivity index (χ0v) is 12.6. The van der Waals surface area contributed by atoms with E-state index in [4.69, 9.17) is 15.4 Å². The van der Waals surface area contributed by atoms with Gasteiger partial charge in [0.05, 0.1) is 4.90 Å². The second-order valence-corrected chi connectivity index (χ2v) is 6.03. The minimum atomic E-state index is -4.40. The monoisotopic (exact) mass is 335 g/mol. The van der Waals surface area contributed by atoms with E-state index in [0.29, 0.717) is 5.39 Å². The molecule has 23 heavy (non-hydrogen) atoms. The highest BCUT2D eigenvalue weighted by atomic mass is 32.2. The first kappa shape index (κ1) is 16.5. The first-order chi connectivity index (χ1) is 10.6. The number of rotatable bonds is 4. The lowest BCUT2D eigenvalue weighted by atomic mass is 10.1. The van der Waals surface area contributed by atoms with Gasteiger partial charge in [-0.15, -0.1) is 10.2 Å². The number of fused-ring (bicyclic) bond motifs is 1. The van der Waals surface area contributed by atoms with Gasteiger partial charge in [-0.2, -0.15) is 8.42 Å². The lowest BCUT2D eigenvalue weighted by molar-refractivity contribution is 0.424. The van der Waals surface area contributed by atoms with Crippen molar-refractivity contribution in [1.82, 2.24) is 0 Å². The van der Waals surface area contributed by atoms with Crippen molar-refractivity contribution < 1.29 is 23.2 Å². The van der Waals surface area contributed by atoms with E-state index < -0.39 is 10.1 Å². The number of phenols is 1. The summed E-state index contributed by atoms with van der Waals surface area (Å²) in [4.78, 5) is -0.349. The predicted molar refractivity (Wildman–Crippen MR) is 85.3 cm³/mol. The van der Waals surface area contributed by atoms with E-state index in [0.717, 1.165) is 12.1 Å². The first-order valence-electron chi connectivity index (χ1n) is 6.13. The third kappa shape index (κ3) is 3.30. The van der Waals surface area contributed by atoms with Crippen molar-refractivity contribution in [2.45, 2.75) is 4.90 Å².